The number of rotatable bonds is 5. The Morgan fingerprint density at radius 1 is 1.17 bits per heavy atom. The van der Waals surface area contributed by atoms with Crippen molar-refractivity contribution in [1.82, 2.24) is 19.6 Å². The molecule has 1 aromatic carbocycles. The molecule has 1 aliphatic heterocycles. The Kier molecular flexibility index (Phi) is 5.68. The lowest BCUT2D eigenvalue weighted by atomic mass is 10.2. The second-order valence-electron chi connectivity index (χ2n) is 7.05. The Labute approximate surface area is 173 Å². The summed E-state index contributed by atoms with van der Waals surface area (Å²) in [5.41, 5.74) is 3.80. The van der Waals surface area contributed by atoms with Crippen LogP contribution in [0.2, 0.25) is 0 Å². The van der Waals surface area contributed by atoms with Crippen LogP contribution in [0.3, 0.4) is 0 Å². The van der Waals surface area contributed by atoms with Crippen LogP contribution in [0.1, 0.15) is 18.3 Å². The number of aromatic nitrogens is 4. The molecule has 1 N–H and O–H groups in total. The summed E-state index contributed by atoms with van der Waals surface area (Å²) >= 11 is 1.37. The summed E-state index contributed by atoms with van der Waals surface area (Å²) in [6.07, 6.45) is 0. The van der Waals surface area contributed by atoms with Gasteiger partial charge in [-0.15, -0.1) is 10.2 Å². The maximum Gasteiger partial charge on any atom is 0.256 e. The van der Waals surface area contributed by atoms with Crippen molar-refractivity contribution in [3.05, 3.63) is 41.7 Å². The number of ether oxygens (including phenoxy) is 1. The molecule has 1 saturated heterocycles. The van der Waals surface area contributed by atoms with Crippen molar-refractivity contribution in [2.45, 2.75) is 31.2 Å². The fourth-order valence-electron chi connectivity index (χ4n) is 3.31. The predicted octanol–water partition coefficient (Wildman–Crippen LogP) is 2.70. The molecule has 0 radical (unpaired) electrons. The Morgan fingerprint density at radius 3 is 2.62 bits per heavy atom. The van der Waals surface area contributed by atoms with Crippen LogP contribution >= 0.6 is 11.8 Å². The molecule has 8 nitrogen and oxygen atoms in total. The smallest absolute Gasteiger partial charge is 0.256 e. The van der Waals surface area contributed by atoms with Gasteiger partial charge in [0.25, 0.3) is 5.78 Å². The summed E-state index contributed by atoms with van der Waals surface area (Å²) in [6, 6.07) is 9.90. The Morgan fingerprint density at radius 2 is 1.90 bits per heavy atom. The molecule has 1 amide bonds. The van der Waals surface area contributed by atoms with Crippen molar-refractivity contribution >= 4 is 34.8 Å². The summed E-state index contributed by atoms with van der Waals surface area (Å²) in [4.78, 5) is 19.3. The number of fused-ring (bicyclic) bond motifs is 1. The van der Waals surface area contributed by atoms with Crippen LogP contribution in [0.4, 0.5) is 11.4 Å². The number of morpholine rings is 1. The summed E-state index contributed by atoms with van der Waals surface area (Å²) in [6.45, 7) is 9.04. The molecule has 0 aliphatic carbocycles. The molecule has 0 spiro atoms. The van der Waals surface area contributed by atoms with Crippen molar-refractivity contribution in [3.8, 4) is 0 Å². The molecular weight excluding hydrogens is 388 g/mol. The third kappa shape index (κ3) is 4.35. The zero-order valence-corrected chi connectivity index (χ0v) is 17.6. The quantitative estimate of drug-likeness (QED) is 0.645. The van der Waals surface area contributed by atoms with Gasteiger partial charge in [-0.3, -0.25) is 9.20 Å². The minimum absolute atomic E-state index is 0.0800. The van der Waals surface area contributed by atoms with Crippen LogP contribution in [0, 0.1) is 13.8 Å². The fourth-order valence-corrected chi connectivity index (χ4v) is 4.21. The van der Waals surface area contributed by atoms with Gasteiger partial charge in [-0.1, -0.05) is 11.8 Å². The first kappa shape index (κ1) is 19.7. The second-order valence-corrected chi connectivity index (χ2v) is 8.36. The van der Waals surface area contributed by atoms with Gasteiger partial charge < -0.3 is 15.0 Å². The number of anilines is 2. The Hall–Kier alpha value is -2.65. The molecule has 0 unspecified atom stereocenters. The van der Waals surface area contributed by atoms with E-state index in [-0.39, 0.29) is 11.2 Å². The zero-order chi connectivity index (χ0) is 20.4. The van der Waals surface area contributed by atoms with E-state index in [1.807, 2.05) is 55.5 Å². The predicted molar refractivity (Wildman–Crippen MR) is 114 cm³/mol. The third-order valence-electron chi connectivity index (χ3n) is 4.83. The lowest BCUT2D eigenvalue weighted by Gasteiger charge is -2.28. The standard InChI is InChI=1S/C20H24N6O2S/c1-13-12-14(2)26-19(21-13)23-24-20(26)29-15(3)18(27)22-16-4-6-17(7-5-16)25-8-10-28-11-9-25/h4-7,12,15H,8-11H2,1-3H3,(H,22,27)/t15-/m0/s1. The van der Waals surface area contributed by atoms with Crippen LogP contribution in [0.25, 0.3) is 5.78 Å². The second kappa shape index (κ2) is 8.38. The molecule has 152 valence electrons. The van der Waals surface area contributed by atoms with E-state index in [9.17, 15) is 4.79 Å². The van der Waals surface area contributed by atoms with Gasteiger partial charge in [0.05, 0.1) is 18.5 Å². The van der Waals surface area contributed by atoms with Crippen molar-refractivity contribution in [2.24, 2.45) is 0 Å². The van der Waals surface area contributed by atoms with Gasteiger partial charge in [0, 0.05) is 35.9 Å². The molecule has 1 atom stereocenters. The van der Waals surface area contributed by atoms with Gasteiger partial charge in [-0.25, -0.2) is 4.98 Å². The number of carbonyl (C=O) groups is 1. The molecule has 29 heavy (non-hydrogen) atoms. The van der Waals surface area contributed by atoms with Crippen LogP contribution in [0.5, 0.6) is 0 Å². The lowest BCUT2D eigenvalue weighted by Crippen LogP contribution is -2.36. The van der Waals surface area contributed by atoms with Crippen molar-refractivity contribution in [1.29, 1.82) is 0 Å². The van der Waals surface area contributed by atoms with E-state index < -0.39 is 0 Å². The Bertz CT molecular complexity index is 1010. The highest BCUT2D eigenvalue weighted by molar-refractivity contribution is 8.00. The summed E-state index contributed by atoms with van der Waals surface area (Å²) in [5, 5.41) is 11.6. The summed E-state index contributed by atoms with van der Waals surface area (Å²) in [5.74, 6) is 0.472. The van der Waals surface area contributed by atoms with E-state index in [1.54, 1.807) is 0 Å². The average molecular weight is 413 g/mol. The molecule has 0 saturated carbocycles. The maximum atomic E-state index is 12.7. The number of hydrogen-bond acceptors (Lipinski definition) is 7. The van der Waals surface area contributed by atoms with Crippen LogP contribution in [0.15, 0.2) is 35.5 Å². The highest BCUT2D eigenvalue weighted by Gasteiger charge is 2.19. The van der Waals surface area contributed by atoms with Crippen molar-refractivity contribution < 1.29 is 9.53 Å². The number of benzene rings is 1. The molecule has 2 aromatic heterocycles. The van der Waals surface area contributed by atoms with Crippen LogP contribution in [-0.2, 0) is 9.53 Å². The van der Waals surface area contributed by atoms with Gasteiger partial charge in [0.1, 0.15) is 0 Å². The van der Waals surface area contributed by atoms with E-state index in [4.69, 9.17) is 4.74 Å². The van der Waals surface area contributed by atoms with E-state index in [0.29, 0.717) is 10.9 Å². The first-order chi connectivity index (χ1) is 14.0. The van der Waals surface area contributed by atoms with Gasteiger partial charge in [-0.05, 0) is 51.1 Å². The van der Waals surface area contributed by atoms with Crippen molar-refractivity contribution in [3.63, 3.8) is 0 Å². The average Bonchev–Trinajstić information content (AvgIpc) is 3.12. The Balaban J connectivity index is 1.41. The van der Waals surface area contributed by atoms with Gasteiger partial charge >= 0.3 is 0 Å². The molecule has 3 aromatic rings. The number of aryl methyl sites for hydroxylation is 2. The topological polar surface area (TPSA) is 84.7 Å². The normalized spacial score (nSPS) is 15.5. The van der Waals surface area contributed by atoms with Crippen LogP contribution in [-0.4, -0.2) is 57.0 Å². The van der Waals surface area contributed by atoms with E-state index in [1.165, 1.54) is 11.8 Å². The molecule has 3 heterocycles. The highest BCUT2D eigenvalue weighted by atomic mass is 32.2. The van der Waals surface area contributed by atoms with E-state index in [2.05, 4.69) is 25.4 Å². The van der Waals surface area contributed by atoms with Gasteiger partial charge in [0.2, 0.25) is 5.91 Å². The minimum Gasteiger partial charge on any atom is -0.378 e. The largest absolute Gasteiger partial charge is 0.378 e. The highest BCUT2D eigenvalue weighted by Crippen LogP contribution is 2.25. The van der Waals surface area contributed by atoms with Gasteiger partial charge in [0.15, 0.2) is 5.16 Å². The monoisotopic (exact) mass is 412 g/mol. The van der Waals surface area contributed by atoms with Crippen molar-refractivity contribution in [2.75, 3.05) is 36.5 Å². The first-order valence-electron chi connectivity index (χ1n) is 9.61. The maximum absolute atomic E-state index is 12.7. The molecule has 9 heteroatoms. The molecular formula is C20H24N6O2S. The molecule has 1 aliphatic rings. The number of thioether (sulfide) groups is 1. The minimum atomic E-state index is -0.331. The first-order valence-corrected chi connectivity index (χ1v) is 10.5. The molecule has 4 rings (SSSR count). The number of hydrogen-bond donors (Lipinski definition) is 1. The summed E-state index contributed by atoms with van der Waals surface area (Å²) < 4.78 is 7.26. The zero-order valence-electron chi connectivity index (χ0n) is 16.8. The SMILES string of the molecule is Cc1cc(C)n2c(S[C@@H](C)C(=O)Nc3ccc(N4CCOCC4)cc3)nnc2n1. The summed E-state index contributed by atoms with van der Waals surface area (Å²) in [7, 11) is 0. The number of carbonyl (C=O) groups excluding carboxylic acids is 1. The van der Waals surface area contributed by atoms with E-state index in [0.717, 1.165) is 49.1 Å². The fraction of sp³-hybridized carbons (Fsp3) is 0.400. The number of nitrogens with one attached hydrogen (secondary N) is 1. The number of nitrogens with zero attached hydrogens (tertiary/aromatic N) is 5. The van der Waals surface area contributed by atoms with Crippen LogP contribution < -0.4 is 10.2 Å². The number of amides is 1. The van der Waals surface area contributed by atoms with Gasteiger partial charge in [-0.2, -0.15) is 0 Å². The van der Waals surface area contributed by atoms with E-state index >= 15 is 0 Å². The lowest BCUT2D eigenvalue weighted by molar-refractivity contribution is -0.115. The molecule has 1 fully saturated rings. The molecule has 0 bridgehead atoms. The third-order valence-corrected chi connectivity index (χ3v) is 5.87.